The van der Waals surface area contributed by atoms with Gasteiger partial charge in [-0.2, -0.15) is 18.3 Å². The Morgan fingerprint density at radius 1 is 1.00 bits per heavy atom. The van der Waals surface area contributed by atoms with Crippen LogP contribution in [0.25, 0.3) is 39.1 Å². The summed E-state index contributed by atoms with van der Waals surface area (Å²) in [5.74, 6) is -1.32. The van der Waals surface area contributed by atoms with E-state index in [1.54, 1.807) is 13.0 Å². The fourth-order valence-corrected chi connectivity index (χ4v) is 4.28. The van der Waals surface area contributed by atoms with Crippen molar-refractivity contribution in [1.29, 1.82) is 0 Å². The zero-order chi connectivity index (χ0) is 27.0. The highest BCUT2D eigenvalue weighted by atomic mass is 19.4. The molecule has 0 saturated heterocycles. The summed E-state index contributed by atoms with van der Waals surface area (Å²) in [4.78, 5) is 7.86. The van der Waals surface area contributed by atoms with E-state index in [0.717, 1.165) is 11.6 Å². The van der Waals surface area contributed by atoms with Gasteiger partial charge >= 0.3 is 6.18 Å². The van der Waals surface area contributed by atoms with E-state index in [1.807, 2.05) is 36.4 Å². The highest BCUT2D eigenvalue weighted by molar-refractivity contribution is 6.03. The maximum absolute atomic E-state index is 15.2. The third-order valence-electron chi connectivity index (χ3n) is 6.08. The van der Waals surface area contributed by atoms with E-state index in [4.69, 9.17) is 0 Å². The molecular formula is C28H21F4N5O. The van der Waals surface area contributed by atoms with Gasteiger partial charge in [-0.15, -0.1) is 0 Å². The number of benzene rings is 3. The number of aliphatic hydroxyl groups excluding tert-OH is 1. The van der Waals surface area contributed by atoms with E-state index < -0.39 is 23.7 Å². The average Bonchev–Trinajstić information content (AvgIpc) is 3.34. The van der Waals surface area contributed by atoms with Gasteiger partial charge in [-0.3, -0.25) is 5.10 Å². The van der Waals surface area contributed by atoms with Crippen molar-refractivity contribution in [1.82, 2.24) is 20.2 Å². The van der Waals surface area contributed by atoms with Crippen LogP contribution in [0, 0.1) is 5.82 Å². The molecule has 0 spiro atoms. The number of halogens is 4. The van der Waals surface area contributed by atoms with Crippen LogP contribution < -0.4 is 5.32 Å². The van der Waals surface area contributed by atoms with Gasteiger partial charge in [-0.25, -0.2) is 14.4 Å². The Morgan fingerprint density at radius 2 is 1.71 bits per heavy atom. The Labute approximate surface area is 214 Å². The lowest BCUT2D eigenvalue weighted by Crippen LogP contribution is -2.11. The predicted molar refractivity (Wildman–Crippen MR) is 137 cm³/mol. The van der Waals surface area contributed by atoms with Crippen molar-refractivity contribution in [2.75, 3.05) is 5.32 Å². The van der Waals surface area contributed by atoms with Crippen molar-refractivity contribution in [3.05, 3.63) is 102 Å². The average molecular weight is 520 g/mol. The van der Waals surface area contributed by atoms with Crippen LogP contribution in [0.3, 0.4) is 0 Å². The van der Waals surface area contributed by atoms with Gasteiger partial charge in [0.25, 0.3) is 0 Å². The SMILES string of the molecule is C=C(Nc1c(-c2ccccc2)ccc2c(C(C)O)[nH]nc12)c1cc(-c2ncccn2)c(C(F)(F)F)cc1F. The van der Waals surface area contributed by atoms with E-state index in [9.17, 15) is 18.3 Å². The summed E-state index contributed by atoms with van der Waals surface area (Å²) in [7, 11) is 0. The van der Waals surface area contributed by atoms with Gasteiger partial charge < -0.3 is 10.4 Å². The number of H-pyrrole nitrogens is 1. The number of aromatic nitrogens is 4. The highest BCUT2D eigenvalue weighted by Gasteiger charge is 2.36. The van der Waals surface area contributed by atoms with Gasteiger partial charge in [0, 0.05) is 40.2 Å². The molecule has 1 atom stereocenters. The second-order valence-electron chi connectivity index (χ2n) is 8.61. The largest absolute Gasteiger partial charge is 0.417 e. The summed E-state index contributed by atoms with van der Waals surface area (Å²) >= 11 is 0. The van der Waals surface area contributed by atoms with Crippen LogP contribution in [-0.2, 0) is 6.18 Å². The number of nitrogens with one attached hydrogen (secondary N) is 2. The molecule has 2 heterocycles. The third-order valence-corrected chi connectivity index (χ3v) is 6.08. The molecule has 0 aliphatic carbocycles. The van der Waals surface area contributed by atoms with Crippen molar-refractivity contribution < 1.29 is 22.7 Å². The number of rotatable bonds is 6. The normalized spacial score (nSPS) is 12.5. The maximum atomic E-state index is 15.2. The Hall–Kier alpha value is -4.57. The van der Waals surface area contributed by atoms with Crippen LogP contribution >= 0.6 is 0 Å². The molecule has 5 aromatic rings. The summed E-state index contributed by atoms with van der Waals surface area (Å²) in [6.07, 6.45) is -3.05. The predicted octanol–water partition coefficient (Wildman–Crippen LogP) is 6.98. The molecule has 0 bridgehead atoms. The highest BCUT2D eigenvalue weighted by Crippen LogP contribution is 2.41. The molecule has 0 radical (unpaired) electrons. The Morgan fingerprint density at radius 3 is 2.37 bits per heavy atom. The summed E-state index contributed by atoms with van der Waals surface area (Å²) in [5.41, 5.74) is 1.12. The summed E-state index contributed by atoms with van der Waals surface area (Å²) < 4.78 is 56.5. The molecule has 38 heavy (non-hydrogen) atoms. The molecule has 192 valence electrons. The summed E-state index contributed by atoms with van der Waals surface area (Å²) in [6.45, 7) is 5.52. The van der Waals surface area contributed by atoms with Gasteiger partial charge in [0.05, 0.1) is 23.0 Å². The lowest BCUT2D eigenvalue weighted by atomic mass is 9.98. The van der Waals surface area contributed by atoms with Crippen molar-refractivity contribution >= 4 is 22.3 Å². The van der Waals surface area contributed by atoms with Crippen LogP contribution in [0.2, 0.25) is 0 Å². The number of hydrogen-bond acceptors (Lipinski definition) is 5. The first-order valence-corrected chi connectivity index (χ1v) is 11.5. The molecule has 0 amide bonds. The first-order chi connectivity index (χ1) is 18.1. The van der Waals surface area contributed by atoms with Gasteiger partial charge in [0.2, 0.25) is 0 Å². The third kappa shape index (κ3) is 4.61. The number of fused-ring (bicyclic) bond motifs is 1. The second-order valence-corrected chi connectivity index (χ2v) is 8.61. The molecule has 0 aliphatic heterocycles. The second kappa shape index (κ2) is 9.71. The molecule has 10 heteroatoms. The minimum absolute atomic E-state index is 0.000293. The number of nitrogens with zero attached hydrogens (tertiary/aromatic N) is 3. The lowest BCUT2D eigenvalue weighted by molar-refractivity contribution is -0.137. The quantitative estimate of drug-likeness (QED) is 0.211. The van der Waals surface area contributed by atoms with E-state index in [-0.39, 0.29) is 22.6 Å². The van der Waals surface area contributed by atoms with E-state index >= 15 is 4.39 Å². The van der Waals surface area contributed by atoms with Crippen molar-refractivity contribution in [2.45, 2.75) is 19.2 Å². The number of anilines is 1. The van der Waals surface area contributed by atoms with Crippen molar-refractivity contribution in [3.8, 4) is 22.5 Å². The zero-order valence-electron chi connectivity index (χ0n) is 20.0. The van der Waals surface area contributed by atoms with Gasteiger partial charge in [0.15, 0.2) is 5.82 Å². The first kappa shape index (κ1) is 25.1. The van der Waals surface area contributed by atoms with Crippen LogP contribution in [0.5, 0.6) is 0 Å². The van der Waals surface area contributed by atoms with Crippen LogP contribution in [0.15, 0.2) is 79.6 Å². The standard InChI is InChI=1S/C28H21F4N5O/c1-15(20-13-21(27-33-11-6-12-34-27)22(14-23(20)29)28(30,31)32)35-25-18(17-7-4-3-5-8-17)9-10-19-24(16(2)38)36-37-26(19)25/h3-14,16,35,38H,1H2,2H3,(H,36,37). The summed E-state index contributed by atoms with van der Waals surface area (Å²) in [5, 5.41) is 21.0. The molecule has 2 aromatic heterocycles. The van der Waals surface area contributed by atoms with E-state index in [1.165, 1.54) is 18.5 Å². The number of hydrogen-bond donors (Lipinski definition) is 3. The molecule has 3 aromatic carbocycles. The molecular weight excluding hydrogens is 498 g/mol. The fourth-order valence-electron chi connectivity index (χ4n) is 4.28. The van der Waals surface area contributed by atoms with Crippen molar-refractivity contribution in [3.63, 3.8) is 0 Å². The molecule has 6 nitrogen and oxygen atoms in total. The molecule has 1 unspecified atom stereocenters. The summed E-state index contributed by atoms with van der Waals surface area (Å²) in [6, 6.07) is 15.9. The number of aromatic amines is 1. The number of aliphatic hydroxyl groups is 1. The molecule has 5 rings (SSSR count). The van der Waals surface area contributed by atoms with Crippen LogP contribution in [-0.4, -0.2) is 25.3 Å². The van der Waals surface area contributed by atoms with Gasteiger partial charge in [0.1, 0.15) is 11.3 Å². The number of alkyl halides is 3. The molecule has 0 aliphatic rings. The Kier molecular flexibility index (Phi) is 6.41. The maximum Gasteiger partial charge on any atom is 0.417 e. The van der Waals surface area contributed by atoms with Crippen LogP contribution in [0.1, 0.15) is 29.8 Å². The van der Waals surface area contributed by atoms with Gasteiger partial charge in [-0.1, -0.05) is 49.0 Å². The smallest absolute Gasteiger partial charge is 0.387 e. The monoisotopic (exact) mass is 519 g/mol. The Balaban J connectivity index is 1.66. The first-order valence-electron chi connectivity index (χ1n) is 11.5. The topological polar surface area (TPSA) is 86.7 Å². The van der Waals surface area contributed by atoms with E-state index in [0.29, 0.717) is 33.9 Å². The van der Waals surface area contributed by atoms with Crippen molar-refractivity contribution in [2.24, 2.45) is 0 Å². The molecule has 0 fully saturated rings. The van der Waals surface area contributed by atoms with E-state index in [2.05, 4.69) is 32.1 Å². The molecule has 0 saturated carbocycles. The molecule has 3 N–H and O–H groups in total. The minimum Gasteiger partial charge on any atom is -0.387 e. The minimum atomic E-state index is -4.83. The Bertz CT molecular complexity index is 1630. The van der Waals surface area contributed by atoms with Gasteiger partial charge in [-0.05, 0) is 30.7 Å². The van der Waals surface area contributed by atoms with Crippen LogP contribution in [0.4, 0.5) is 23.2 Å². The fraction of sp³-hybridized carbons (Fsp3) is 0.107. The zero-order valence-corrected chi connectivity index (χ0v) is 20.0. The lowest BCUT2D eigenvalue weighted by Gasteiger charge is -2.18.